The molecule has 20 heavy (non-hydrogen) atoms. The van der Waals surface area contributed by atoms with E-state index in [9.17, 15) is 5.11 Å². The first-order chi connectivity index (χ1) is 9.58. The fraction of sp³-hybridized carbons (Fsp3) is 0.750. The van der Waals surface area contributed by atoms with Gasteiger partial charge in [-0.3, -0.25) is 0 Å². The molecule has 2 aliphatic rings. The number of aliphatic hydroxyl groups is 1. The summed E-state index contributed by atoms with van der Waals surface area (Å²) in [6.07, 6.45) is 5.40. The van der Waals surface area contributed by atoms with Gasteiger partial charge in [-0.25, -0.2) is 0 Å². The molecule has 0 saturated heterocycles. The molecule has 1 aromatic heterocycles. The van der Waals surface area contributed by atoms with Crippen LogP contribution >= 0.6 is 11.3 Å². The topological polar surface area (TPSA) is 41.5 Å². The molecular weight excluding hydrogens is 270 g/mol. The van der Waals surface area contributed by atoms with Crippen LogP contribution in [0.1, 0.15) is 45.1 Å². The van der Waals surface area contributed by atoms with Gasteiger partial charge in [-0.1, -0.05) is 6.42 Å². The first-order valence-corrected chi connectivity index (χ1v) is 8.63. The van der Waals surface area contributed by atoms with Crippen LogP contribution in [0.15, 0.2) is 16.8 Å². The molecule has 3 unspecified atom stereocenters. The van der Waals surface area contributed by atoms with Crippen LogP contribution in [-0.2, 0) is 10.3 Å². The summed E-state index contributed by atoms with van der Waals surface area (Å²) in [5.74, 6) is 0. The molecule has 0 aliphatic heterocycles. The molecular formula is C16H25NO2S. The Hall–Kier alpha value is -0.420. The Morgan fingerprint density at radius 1 is 1.55 bits per heavy atom. The molecule has 2 fully saturated rings. The van der Waals surface area contributed by atoms with Crippen LogP contribution in [0.5, 0.6) is 0 Å². The number of nitrogens with one attached hydrogen (secondary N) is 1. The first-order valence-electron chi connectivity index (χ1n) is 7.68. The lowest BCUT2D eigenvalue weighted by atomic mass is 9.51. The second-order valence-corrected chi connectivity index (χ2v) is 7.27. The van der Waals surface area contributed by atoms with Crippen molar-refractivity contribution in [2.75, 3.05) is 13.2 Å². The standard InChI is InChI=1S/C16H25NO2S/c1-3-19-14-9-13(16(14)6-4-7-16)17-11-15(2,18)12-5-8-20-10-12/h5,8,10,13-14,17-18H,3-4,6-7,9,11H2,1-2H3. The van der Waals surface area contributed by atoms with E-state index in [0.717, 1.165) is 18.6 Å². The van der Waals surface area contributed by atoms with Gasteiger partial charge >= 0.3 is 0 Å². The van der Waals surface area contributed by atoms with E-state index in [-0.39, 0.29) is 0 Å². The lowest BCUT2D eigenvalue weighted by Crippen LogP contribution is -2.67. The summed E-state index contributed by atoms with van der Waals surface area (Å²) in [6.45, 7) is 5.41. The maximum absolute atomic E-state index is 10.6. The Morgan fingerprint density at radius 2 is 2.35 bits per heavy atom. The van der Waals surface area contributed by atoms with Gasteiger partial charge in [0.1, 0.15) is 0 Å². The van der Waals surface area contributed by atoms with Gasteiger partial charge in [-0.05, 0) is 55.5 Å². The minimum atomic E-state index is -0.776. The highest BCUT2D eigenvalue weighted by Gasteiger charge is 2.58. The number of ether oxygens (including phenoxy) is 1. The molecule has 0 bridgehead atoms. The van der Waals surface area contributed by atoms with E-state index in [1.54, 1.807) is 11.3 Å². The van der Waals surface area contributed by atoms with E-state index in [1.165, 1.54) is 19.3 Å². The zero-order chi connectivity index (χ0) is 14.2. The molecule has 0 aromatic carbocycles. The minimum absolute atomic E-state index is 0.362. The van der Waals surface area contributed by atoms with Gasteiger partial charge in [0.05, 0.1) is 11.7 Å². The molecule has 3 atom stereocenters. The lowest BCUT2D eigenvalue weighted by Gasteiger charge is -2.61. The van der Waals surface area contributed by atoms with Gasteiger partial charge < -0.3 is 15.2 Å². The van der Waals surface area contributed by atoms with Crippen LogP contribution in [-0.4, -0.2) is 30.4 Å². The molecule has 1 heterocycles. The van der Waals surface area contributed by atoms with Crippen molar-refractivity contribution in [2.24, 2.45) is 5.41 Å². The van der Waals surface area contributed by atoms with Crippen LogP contribution in [0.2, 0.25) is 0 Å². The lowest BCUT2D eigenvalue weighted by molar-refractivity contribution is -0.175. The van der Waals surface area contributed by atoms with E-state index in [1.807, 2.05) is 23.8 Å². The van der Waals surface area contributed by atoms with E-state index < -0.39 is 5.60 Å². The second-order valence-electron chi connectivity index (χ2n) is 6.49. The molecule has 0 radical (unpaired) electrons. The molecule has 1 spiro atoms. The van der Waals surface area contributed by atoms with Crippen molar-refractivity contribution in [3.05, 3.63) is 22.4 Å². The van der Waals surface area contributed by atoms with E-state index >= 15 is 0 Å². The van der Waals surface area contributed by atoms with Gasteiger partial charge in [-0.15, -0.1) is 0 Å². The van der Waals surface area contributed by atoms with Crippen LogP contribution in [0, 0.1) is 5.41 Å². The third kappa shape index (κ3) is 2.33. The molecule has 4 heteroatoms. The minimum Gasteiger partial charge on any atom is -0.384 e. The Morgan fingerprint density at radius 3 is 2.90 bits per heavy atom. The Balaban J connectivity index is 1.57. The predicted molar refractivity (Wildman–Crippen MR) is 82.0 cm³/mol. The zero-order valence-corrected chi connectivity index (χ0v) is 13.2. The van der Waals surface area contributed by atoms with Crippen molar-refractivity contribution in [1.82, 2.24) is 5.32 Å². The van der Waals surface area contributed by atoms with Gasteiger partial charge in [0.2, 0.25) is 0 Å². The average molecular weight is 295 g/mol. The molecule has 112 valence electrons. The molecule has 2 saturated carbocycles. The SMILES string of the molecule is CCOC1CC(NCC(C)(O)c2ccsc2)C12CCC2. The van der Waals surface area contributed by atoms with E-state index in [4.69, 9.17) is 4.74 Å². The molecule has 3 nitrogen and oxygen atoms in total. The summed E-state index contributed by atoms with van der Waals surface area (Å²) < 4.78 is 5.87. The Kier molecular flexibility index (Phi) is 3.93. The summed E-state index contributed by atoms with van der Waals surface area (Å²) in [7, 11) is 0. The van der Waals surface area contributed by atoms with Crippen molar-refractivity contribution in [3.63, 3.8) is 0 Å². The number of rotatable bonds is 6. The normalized spacial score (nSPS) is 30.6. The van der Waals surface area contributed by atoms with Crippen LogP contribution in [0.4, 0.5) is 0 Å². The fourth-order valence-electron chi connectivity index (χ4n) is 3.72. The number of hydrogen-bond acceptors (Lipinski definition) is 4. The summed E-state index contributed by atoms with van der Waals surface area (Å²) in [6, 6.07) is 2.52. The highest BCUT2D eigenvalue weighted by molar-refractivity contribution is 7.08. The molecule has 2 aliphatic carbocycles. The third-order valence-corrected chi connectivity index (χ3v) is 5.96. The summed E-state index contributed by atoms with van der Waals surface area (Å²) in [4.78, 5) is 0. The van der Waals surface area contributed by atoms with Gasteiger partial charge in [-0.2, -0.15) is 11.3 Å². The fourth-order valence-corrected chi connectivity index (χ4v) is 4.50. The Labute approximate surface area is 125 Å². The van der Waals surface area contributed by atoms with Crippen molar-refractivity contribution in [2.45, 2.75) is 57.3 Å². The molecule has 3 rings (SSSR count). The van der Waals surface area contributed by atoms with Gasteiger partial charge in [0, 0.05) is 24.6 Å². The quantitative estimate of drug-likeness (QED) is 0.848. The second kappa shape index (κ2) is 5.41. The maximum Gasteiger partial charge on any atom is 0.1000 e. The maximum atomic E-state index is 10.6. The third-order valence-electron chi connectivity index (χ3n) is 5.27. The highest BCUT2D eigenvalue weighted by atomic mass is 32.1. The summed E-state index contributed by atoms with van der Waals surface area (Å²) in [5.41, 5.74) is 0.598. The first kappa shape index (κ1) is 14.5. The van der Waals surface area contributed by atoms with Crippen LogP contribution in [0.25, 0.3) is 0 Å². The van der Waals surface area contributed by atoms with Gasteiger partial charge in [0.15, 0.2) is 0 Å². The van der Waals surface area contributed by atoms with Crippen molar-refractivity contribution < 1.29 is 9.84 Å². The predicted octanol–water partition coefficient (Wildman–Crippen LogP) is 2.89. The number of hydrogen-bond donors (Lipinski definition) is 2. The molecule has 1 aromatic rings. The molecule has 0 amide bonds. The summed E-state index contributed by atoms with van der Waals surface area (Å²) >= 11 is 1.64. The Bertz CT molecular complexity index is 439. The summed E-state index contributed by atoms with van der Waals surface area (Å²) in [5, 5.41) is 18.2. The van der Waals surface area contributed by atoms with Crippen molar-refractivity contribution in [1.29, 1.82) is 0 Å². The van der Waals surface area contributed by atoms with Crippen LogP contribution < -0.4 is 5.32 Å². The molecule has 2 N–H and O–H groups in total. The number of thiophene rings is 1. The van der Waals surface area contributed by atoms with Crippen molar-refractivity contribution in [3.8, 4) is 0 Å². The monoisotopic (exact) mass is 295 g/mol. The van der Waals surface area contributed by atoms with E-state index in [2.05, 4.69) is 12.2 Å². The zero-order valence-electron chi connectivity index (χ0n) is 12.4. The largest absolute Gasteiger partial charge is 0.384 e. The smallest absolute Gasteiger partial charge is 0.1000 e. The van der Waals surface area contributed by atoms with Crippen molar-refractivity contribution >= 4 is 11.3 Å². The van der Waals surface area contributed by atoms with Gasteiger partial charge in [0.25, 0.3) is 0 Å². The highest BCUT2D eigenvalue weighted by Crippen LogP contribution is 2.57. The average Bonchev–Trinajstić information content (AvgIpc) is 2.85. The van der Waals surface area contributed by atoms with Crippen LogP contribution in [0.3, 0.4) is 0 Å². The van der Waals surface area contributed by atoms with E-state index in [0.29, 0.717) is 24.1 Å².